The fraction of sp³-hybridized carbons (Fsp3) is 0.643. The molecule has 0 saturated carbocycles. The van der Waals surface area contributed by atoms with Gasteiger partial charge in [-0.2, -0.15) is 0 Å². The molecule has 2 rings (SSSR count). The summed E-state index contributed by atoms with van der Waals surface area (Å²) in [5.74, 6) is -0.201. The van der Waals surface area contributed by atoms with E-state index in [-0.39, 0.29) is 12.0 Å². The second kappa shape index (κ2) is 5.95. The van der Waals surface area contributed by atoms with Crippen molar-refractivity contribution < 1.29 is 9.84 Å². The summed E-state index contributed by atoms with van der Waals surface area (Å²) < 4.78 is 5.89. The summed E-state index contributed by atoms with van der Waals surface area (Å²) in [6.45, 7) is 4.95. The Balaban J connectivity index is 2.18. The van der Waals surface area contributed by atoms with Gasteiger partial charge in [-0.15, -0.1) is 13.2 Å². The van der Waals surface area contributed by atoms with E-state index in [0.29, 0.717) is 5.56 Å². The van der Waals surface area contributed by atoms with Crippen molar-refractivity contribution in [2.75, 3.05) is 19.5 Å². The topological polar surface area (TPSA) is 95.2 Å². The molecule has 1 fully saturated rings. The molecule has 1 aromatic heterocycles. The number of aliphatic hydroxyl groups is 1. The van der Waals surface area contributed by atoms with Gasteiger partial charge in [0, 0.05) is 12.1 Å². The van der Waals surface area contributed by atoms with Crippen LogP contribution >= 0.6 is 6.89 Å². The molecule has 0 spiro atoms. The molecule has 21 heavy (non-hydrogen) atoms. The van der Waals surface area contributed by atoms with E-state index < -0.39 is 30.3 Å². The second-order valence-electron chi connectivity index (χ2n) is 6.42. The van der Waals surface area contributed by atoms with Crippen LogP contribution in [0.4, 0.5) is 0 Å². The first-order valence-corrected chi connectivity index (χ1v) is 10.1. The third kappa shape index (κ3) is 3.76. The van der Waals surface area contributed by atoms with Crippen LogP contribution in [-0.2, 0) is 4.74 Å². The lowest BCUT2D eigenvalue weighted by Crippen LogP contribution is -2.28. The van der Waals surface area contributed by atoms with Gasteiger partial charge in [-0.25, -0.2) is 4.79 Å². The van der Waals surface area contributed by atoms with E-state index in [1.54, 1.807) is 0 Å². The Bertz CT molecular complexity index is 659. The monoisotopic (exact) mass is 314 g/mol. The molecule has 4 atom stereocenters. The van der Waals surface area contributed by atoms with Crippen molar-refractivity contribution in [3.63, 3.8) is 0 Å². The Morgan fingerprint density at radius 2 is 2.10 bits per heavy atom. The van der Waals surface area contributed by atoms with Crippen LogP contribution in [0.5, 0.6) is 0 Å². The molecule has 0 bridgehead atoms. The van der Waals surface area contributed by atoms with Gasteiger partial charge in [-0.05, 0) is 25.9 Å². The molecule has 0 aliphatic carbocycles. The van der Waals surface area contributed by atoms with E-state index in [4.69, 9.17) is 4.74 Å². The first kappa shape index (κ1) is 16.3. The fourth-order valence-corrected chi connectivity index (χ4v) is 3.57. The minimum absolute atomic E-state index is 0.201. The number of aromatic amines is 2. The summed E-state index contributed by atoms with van der Waals surface area (Å²) in [6, 6.07) is 0. The number of rotatable bonds is 4. The van der Waals surface area contributed by atoms with Gasteiger partial charge in [0.05, 0.1) is 23.9 Å². The molecule has 7 heteroatoms. The first-order chi connectivity index (χ1) is 9.69. The number of hydrogen-bond acceptors (Lipinski definition) is 4. The van der Waals surface area contributed by atoms with Gasteiger partial charge in [-0.1, -0.05) is 6.92 Å². The molecule has 1 saturated heterocycles. The summed E-state index contributed by atoms with van der Waals surface area (Å²) in [7, 11) is 0. The Hall–Kier alpha value is -1.10. The molecule has 0 radical (unpaired) electrons. The predicted molar refractivity (Wildman–Crippen MR) is 85.8 cm³/mol. The summed E-state index contributed by atoms with van der Waals surface area (Å²) >= 11 is 0. The highest BCUT2D eigenvalue weighted by molar-refractivity contribution is 7.72. The van der Waals surface area contributed by atoms with Crippen LogP contribution < -0.4 is 11.2 Å². The Labute approximate surface area is 123 Å². The maximum absolute atomic E-state index is 11.9. The van der Waals surface area contributed by atoms with Gasteiger partial charge in [0.2, 0.25) is 0 Å². The maximum atomic E-state index is 11.9. The number of H-pyrrole nitrogens is 2. The number of ether oxygens (including phenoxy) is 1. The molecule has 0 aromatic carbocycles. The minimum atomic E-state index is -1.18. The summed E-state index contributed by atoms with van der Waals surface area (Å²) in [6.07, 6.45) is 5.77. The minimum Gasteiger partial charge on any atom is -0.390 e. The van der Waals surface area contributed by atoms with Crippen molar-refractivity contribution in [2.45, 2.75) is 31.7 Å². The van der Waals surface area contributed by atoms with Crippen LogP contribution in [0.2, 0.25) is 0 Å². The van der Waals surface area contributed by atoms with Crippen LogP contribution in [0, 0.1) is 5.92 Å². The summed E-state index contributed by atoms with van der Waals surface area (Å²) in [4.78, 5) is 27.6. The lowest BCUT2D eigenvalue weighted by atomic mass is 9.94. The third-order valence-corrected chi connectivity index (χ3v) is 5.36. The van der Waals surface area contributed by atoms with Crippen LogP contribution in [0.1, 0.15) is 25.0 Å². The van der Waals surface area contributed by atoms with Crippen molar-refractivity contribution in [3.8, 4) is 0 Å². The lowest BCUT2D eigenvalue weighted by Gasteiger charge is -2.18. The zero-order chi connectivity index (χ0) is 15.8. The van der Waals surface area contributed by atoms with E-state index in [9.17, 15) is 14.7 Å². The quantitative estimate of drug-likeness (QED) is 0.709. The molecule has 2 heterocycles. The van der Waals surface area contributed by atoms with Crippen molar-refractivity contribution in [3.05, 3.63) is 32.6 Å². The molecule has 1 aromatic rings. The highest BCUT2D eigenvalue weighted by Gasteiger charge is 2.42. The molecule has 6 nitrogen and oxygen atoms in total. The number of aliphatic hydroxyl groups excluding tert-OH is 1. The number of aromatic nitrogens is 2. The highest BCUT2D eigenvalue weighted by atomic mass is 31.2. The van der Waals surface area contributed by atoms with Crippen molar-refractivity contribution in [2.24, 2.45) is 5.92 Å². The van der Waals surface area contributed by atoms with Crippen LogP contribution in [0.25, 0.3) is 0 Å². The van der Waals surface area contributed by atoms with Gasteiger partial charge in [0.25, 0.3) is 5.56 Å². The molecule has 0 amide bonds. The second-order valence-corrected chi connectivity index (χ2v) is 10.7. The van der Waals surface area contributed by atoms with Crippen LogP contribution in [0.15, 0.2) is 15.8 Å². The summed E-state index contributed by atoms with van der Waals surface area (Å²) in [5.41, 5.74) is -0.657. The van der Waals surface area contributed by atoms with Crippen molar-refractivity contribution >= 4 is 13.2 Å². The molecule has 1 aliphatic heterocycles. The first-order valence-electron chi connectivity index (χ1n) is 7.02. The largest absolute Gasteiger partial charge is 0.390 e. The number of hydrogen-bond donors (Lipinski definition) is 3. The maximum Gasteiger partial charge on any atom is 0.325 e. The molecule has 1 unspecified atom stereocenters. The van der Waals surface area contributed by atoms with Crippen molar-refractivity contribution in [1.29, 1.82) is 0 Å². The van der Waals surface area contributed by atoms with E-state index >= 15 is 0 Å². The molecule has 1 aliphatic rings. The average molecular weight is 314 g/mol. The molecular weight excluding hydrogens is 291 g/mol. The smallest absolute Gasteiger partial charge is 0.325 e. The predicted octanol–water partition coefficient (Wildman–Crippen LogP) is 0.599. The van der Waals surface area contributed by atoms with E-state index in [0.717, 1.165) is 12.6 Å². The van der Waals surface area contributed by atoms with Gasteiger partial charge in [0.15, 0.2) is 0 Å². The molecular formula is C14H23N2O4P. The van der Waals surface area contributed by atoms with Gasteiger partial charge in [-0.3, -0.25) is 9.78 Å². The Kier molecular flexibility index (Phi) is 4.61. The van der Waals surface area contributed by atoms with Crippen LogP contribution in [0.3, 0.4) is 0 Å². The van der Waals surface area contributed by atoms with Crippen LogP contribution in [-0.4, -0.2) is 53.1 Å². The van der Waals surface area contributed by atoms with E-state index in [1.165, 1.54) is 6.20 Å². The lowest BCUT2D eigenvalue weighted by molar-refractivity contribution is 0.00757. The molecule has 3 N–H and O–H groups in total. The van der Waals surface area contributed by atoms with Gasteiger partial charge >= 0.3 is 5.69 Å². The summed E-state index contributed by atoms with van der Waals surface area (Å²) in [5, 5.41) is 10.3. The Morgan fingerprint density at radius 3 is 2.67 bits per heavy atom. The van der Waals surface area contributed by atoms with E-state index in [2.05, 4.69) is 29.6 Å². The SMILES string of the molecule is C=P(C)(C)CC[C@H]1OC(c2c[nH]c(=O)[nH]c2=O)[C@H](C)[C@@H]1O. The zero-order valence-corrected chi connectivity index (χ0v) is 13.5. The standard InChI is InChI=1S/C14H23N2O4P/c1-8-11(17)10(5-6-21(2,3)4)20-12(8)9-7-15-14(19)16-13(9)18/h7-8,10-12,17H,2,5-6H2,1,3-4H3,(H2,15,16,18,19)/t8-,10-,11+,12?/m1/s1. The Morgan fingerprint density at radius 1 is 1.43 bits per heavy atom. The average Bonchev–Trinajstić information content (AvgIpc) is 2.64. The number of nitrogens with one attached hydrogen (secondary N) is 2. The molecule has 118 valence electrons. The van der Waals surface area contributed by atoms with E-state index in [1.807, 2.05) is 6.92 Å². The third-order valence-electron chi connectivity index (χ3n) is 3.89. The van der Waals surface area contributed by atoms with Gasteiger partial charge < -0.3 is 14.8 Å². The van der Waals surface area contributed by atoms with Crippen molar-refractivity contribution in [1.82, 2.24) is 9.97 Å². The highest BCUT2D eigenvalue weighted by Crippen LogP contribution is 2.42. The fourth-order valence-electron chi connectivity index (χ4n) is 2.61. The zero-order valence-electron chi connectivity index (χ0n) is 12.6. The van der Waals surface area contributed by atoms with Gasteiger partial charge in [0.1, 0.15) is 0 Å². The normalized spacial score (nSPS) is 29.7.